The van der Waals surface area contributed by atoms with Crippen molar-refractivity contribution in [3.8, 4) is 0 Å². The lowest BCUT2D eigenvalue weighted by Crippen LogP contribution is -2.48. The zero-order chi connectivity index (χ0) is 21.3. The maximum Gasteiger partial charge on any atom is 0.411 e. The molecule has 9 heteroatoms. The molecule has 1 heterocycles. The molecule has 1 aromatic carbocycles. The lowest BCUT2D eigenvalue weighted by molar-refractivity contribution is -0.176. The van der Waals surface area contributed by atoms with Gasteiger partial charge in [-0.1, -0.05) is 24.3 Å². The van der Waals surface area contributed by atoms with Gasteiger partial charge in [0.25, 0.3) is 0 Å². The third kappa shape index (κ3) is 7.92. The van der Waals surface area contributed by atoms with Gasteiger partial charge in [0.05, 0.1) is 19.1 Å². The molecule has 1 saturated heterocycles. The number of alkyl halides is 3. The molecule has 0 aromatic heterocycles. The van der Waals surface area contributed by atoms with E-state index in [0.717, 1.165) is 24.9 Å². The molecule has 1 fully saturated rings. The van der Waals surface area contributed by atoms with E-state index in [9.17, 15) is 18.0 Å². The smallest absolute Gasteiger partial charge is 0.411 e. The number of piperidine rings is 1. The van der Waals surface area contributed by atoms with E-state index in [2.05, 4.69) is 10.3 Å². The van der Waals surface area contributed by atoms with E-state index < -0.39 is 12.8 Å². The van der Waals surface area contributed by atoms with Crippen LogP contribution in [0.25, 0.3) is 0 Å². The van der Waals surface area contributed by atoms with Gasteiger partial charge in [0.15, 0.2) is 5.96 Å². The maximum absolute atomic E-state index is 12.2. The van der Waals surface area contributed by atoms with Gasteiger partial charge in [-0.15, -0.1) is 0 Å². The highest BCUT2D eigenvalue weighted by atomic mass is 19.4. The van der Waals surface area contributed by atoms with E-state index in [1.165, 1.54) is 0 Å². The maximum atomic E-state index is 12.2. The van der Waals surface area contributed by atoms with Crippen molar-refractivity contribution in [3.05, 3.63) is 35.4 Å². The fraction of sp³-hybridized carbons (Fsp3) is 0.600. The summed E-state index contributed by atoms with van der Waals surface area (Å²) in [6, 6.07) is 7.19. The van der Waals surface area contributed by atoms with Crippen LogP contribution in [0, 0.1) is 5.92 Å². The third-order valence-electron chi connectivity index (χ3n) is 4.53. The average Bonchev–Trinajstić information content (AvgIpc) is 2.68. The Labute approximate surface area is 169 Å². The van der Waals surface area contributed by atoms with E-state index in [-0.39, 0.29) is 18.5 Å². The molecule has 1 aliphatic rings. The number of hydrogen-bond donors (Lipinski definition) is 1. The molecule has 0 amide bonds. The van der Waals surface area contributed by atoms with Gasteiger partial charge in [-0.25, -0.2) is 0 Å². The van der Waals surface area contributed by atoms with Gasteiger partial charge in [0.2, 0.25) is 0 Å². The molecule has 0 bridgehead atoms. The SMILES string of the molecule is CCOC(=O)C1CCCN(C(=NC)NCc2cccc(COCC(F)(F)F)c2)C1. The number of guanidine groups is 1. The third-order valence-corrected chi connectivity index (χ3v) is 4.53. The van der Waals surface area contributed by atoms with Crippen molar-refractivity contribution in [1.82, 2.24) is 10.2 Å². The zero-order valence-electron chi connectivity index (χ0n) is 16.8. The second kappa shape index (κ2) is 11.0. The Morgan fingerprint density at radius 3 is 2.79 bits per heavy atom. The summed E-state index contributed by atoms with van der Waals surface area (Å²) in [6.07, 6.45) is -2.66. The lowest BCUT2D eigenvalue weighted by Gasteiger charge is -2.34. The van der Waals surface area contributed by atoms with Crippen molar-refractivity contribution < 1.29 is 27.4 Å². The van der Waals surface area contributed by atoms with E-state index in [4.69, 9.17) is 9.47 Å². The van der Waals surface area contributed by atoms with Crippen molar-refractivity contribution in [2.75, 3.05) is 33.4 Å². The highest BCUT2D eigenvalue weighted by Crippen LogP contribution is 2.19. The Hall–Kier alpha value is -2.29. The van der Waals surface area contributed by atoms with Crippen LogP contribution < -0.4 is 5.32 Å². The molecule has 162 valence electrons. The Kier molecular flexibility index (Phi) is 8.75. The molecule has 0 saturated carbocycles. The number of ether oxygens (including phenoxy) is 2. The minimum Gasteiger partial charge on any atom is -0.466 e. The fourth-order valence-corrected chi connectivity index (χ4v) is 3.25. The molecular weight excluding hydrogens is 387 g/mol. The van der Waals surface area contributed by atoms with Gasteiger partial charge in [0.1, 0.15) is 6.61 Å². The first-order chi connectivity index (χ1) is 13.8. The summed E-state index contributed by atoms with van der Waals surface area (Å²) in [5.41, 5.74) is 1.57. The minimum atomic E-state index is -4.33. The molecule has 1 unspecified atom stereocenters. The van der Waals surface area contributed by atoms with Crippen LogP contribution >= 0.6 is 0 Å². The molecule has 1 N–H and O–H groups in total. The summed E-state index contributed by atoms with van der Waals surface area (Å²) in [5, 5.41) is 3.26. The van der Waals surface area contributed by atoms with Crippen LogP contribution in [-0.2, 0) is 27.4 Å². The van der Waals surface area contributed by atoms with Crippen molar-refractivity contribution in [2.45, 2.75) is 39.1 Å². The first-order valence-electron chi connectivity index (χ1n) is 9.67. The Bertz CT molecular complexity index is 695. The molecule has 0 spiro atoms. The first kappa shape index (κ1) is 23.0. The Morgan fingerprint density at radius 1 is 1.34 bits per heavy atom. The quantitative estimate of drug-likeness (QED) is 0.421. The fourth-order valence-electron chi connectivity index (χ4n) is 3.25. The van der Waals surface area contributed by atoms with Gasteiger partial charge in [-0.3, -0.25) is 9.79 Å². The van der Waals surface area contributed by atoms with Gasteiger partial charge < -0.3 is 19.7 Å². The van der Waals surface area contributed by atoms with Crippen molar-refractivity contribution in [3.63, 3.8) is 0 Å². The summed E-state index contributed by atoms with van der Waals surface area (Å²) in [7, 11) is 1.68. The lowest BCUT2D eigenvalue weighted by atomic mass is 9.98. The second-order valence-electron chi connectivity index (χ2n) is 6.87. The number of rotatable bonds is 7. The number of aliphatic imine (C=N–C) groups is 1. The van der Waals surface area contributed by atoms with E-state index in [0.29, 0.717) is 31.2 Å². The molecule has 1 atom stereocenters. The largest absolute Gasteiger partial charge is 0.466 e. The number of benzene rings is 1. The number of carbonyl (C=O) groups excluding carboxylic acids is 1. The van der Waals surface area contributed by atoms with Crippen LogP contribution in [-0.4, -0.2) is 56.4 Å². The highest BCUT2D eigenvalue weighted by molar-refractivity contribution is 5.81. The van der Waals surface area contributed by atoms with Crippen molar-refractivity contribution in [1.29, 1.82) is 0 Å². The van der Waals surface area contributed by atoms with Crippen LogP contribution in [0.5, 0.6) is 0 Å². The molecule has 2 rings (SSSR count). The second-order valence-corrected chi connectivity index (χ2v) is 6.87. The van der Waals surface area contributed by atoms with Crippen LogP contribution in [0.15, 0.2) is 29.3 Å². The number of hydrogen-bond acceptors (Lipinski definition) is 4. The van der Waals surface area contributed by atoms with E-state index in [1.54, 1.807) is 32.2 Å². The zero-order valence-corrected chi connectivity index (χ0v) is 16.8. The Balaban J connectivity index is 1.89. The topological polar surface area (TPSA) is 63.2 Å². The predicted octanol–water partition coefficient (Wildman–Crippen LogP) is 3.12. The van der Waals surface area contributed by atoms with E-state index >= 15 is 0 Å². The summed E-state index contributed by atoms with van der Waals surface area (Å²) >= 11 is 0. The molecule has 0 aliphatic carbocycles. The highest BCUT2D eigenvalue weighted by Gasteiger charge is 2.28. The average molecular weight is 415 g/mol. The summed E-state index contributed by atoms with van der Waals surface area (Å²) < 4.78 is 46.4. The summed E-state index contributed by atoms with van der Waals surface area (Å²) in [5.74, 6) is 0.327. The number of carbonyl (C=O) groups is 1. The van der Waals surface area contributed by atoms with Gasteiger partial charge >= 0.3 is 12.1 Å². The number of nitrogens with zero attached hydrogens (tertiary/aromatic N) is 2. The van der Waals surface area contributed by atoms with Crippen LogP contribution in [0.4, 0.5) is 13.2 Å². The molecule has 6 nitrogen and oxygen atoms in total. The van der Waals surface area contributed by atoms with Crippen LogP contribution in [0.2, 0.25) is 0 Å². The number of esters is 1. The van der Waals surface area contributed by atoms with Crippen LogP contribution in [0.3, 0.4) is 0 Å². The molecule has 1 aromatic rings. The molecule has 0 radical (unpaired) electrons. The Morgan fingerprint density at radius 2 is 2.10 bits per heavy atom. The predicted molar refractivity (Wildman–Crippen MR) is 103 cm³/mol. The molecular formula is C20H28F3N3O3. The van der Waals surface area contributed by atoms with Gasteiger partial charge in [0, 0.05) is 26.7 Å². The minimum absolute atomic E-state index is 0.102. The summed E-state index contributed by atoms with van der Waals surface area (Å²) in [4.78, 5) is 18.4. The standard InChI is InChI=1S/C20H28F3N3O3/c1-3-29-18(27)17-8-5-9-26(12-17)19(24-2)25-11-15-6-4-7-16(10-15)13-28-14-20(21,22)23/h4,6-7,10,17H,3,5,8-9,11-14H2,1-2H3,(H,24,25). The van der Waals surface area contributed by atoms with Gasteiger partial charge in [-0.05, 0) is 30.9 Å². The van der Waals surface area contributed by atoms with Crippen molar-refractivity contribution >= 4 is 11.9 Å². The van der Waals surface area contributed by atoms with Crippen LogP contribution in [0.1, 0.15) is 30.9 Å². The van der Waals surface area contributed by atoms with E-state index in [1.807, 2.05) is 11.0 Å². The number of halogens is 3. The van der Waals surface area contributed by atoms with Crippen molar-refractivity contribution in [2.24, 2.45) is 10.9 Å². The molecule has 29 heavy (non-hydrogen) atoms. The first-order valence-corrected chi connectivity index (χ1v) is 9.67. The number of likely N-dealkylation sites (tertiary alicyclic amines) is 1. The summed E-state index contributed by atoms with van der Waals surface area (Å²) in [6.45, 7) is 2.59. The number of nitrogens with one attached hydrogen (secondary N) is 1. The normalized spacial score (nSPS) is 17.9. The monoisotopic (exact) mass is 415 g/mol. The van der Waals surface area contributed by atoms with Gasteiger partial charge in [-0.2, -0.15) is 13.2 Å². The molecule has 1 aliphatic heterocycles.